The molecule has 0 atom stereocenters. The van der Waals surface area contributed by atoms with Crippen LogP contribution >= 0.6 is 23.2 Å². The molecule has 0 amide bonds. The molecule has 1 heterocycles. The summed E-state index contributed by atoms with van der Waals surface area (Å²) in [5.41, 5.74) is 0. The minimum Gasteiger partial charge on any atom is -0.492 e. The highest BCUT2D eigenvalue weighted by Gasteiger charge is 2.17. The van der Waals surface area contributed by atoms with E-state index < -0.39 is 10.0 Å². The predicted octanol–water partition coefficient (Wildman–Crippen LogP) is 3.98. The maximum absolute atomic E-state index is 12.3. The molecule has 0 spiro atoms. The van der Waals surface area contributed by atoms with Gasteiger partial charge in [-0.15, -0.1) is 0 Å². The maximum Gasteiger partial charge on any atom is 0.263 e. The smallest absolute Gasteiger partial charge is 0.263 e. The van der Waals surface area contributed by atoms with Crippen LogP contribution in [0.2, 0.25) is 10.0 Å². The number of hydrogen-bond acceptors (Lipinski definition) is 4. The molecule has 5 nitrogen and oxygen atoms in total. The minimum atomic E-state index is -3.78. The SMILES string of the molecule is CCCOc1cc(S(=O)(=O)Nc2ccc(Cl)cn2)ccc1Cl. The van der Waals surface area contributed by atoms with Crippen molar-refractivity contribution in [2.75, 3.05) is 11.3 Å². The van der Waals surface area contributed by atoms with E-state index in [1.165, 1.54) is 30.5 Å². The Morgan fingerprint density at radius 3 is 2.64 bits per heavy atom. The number of anilines is 1. The fraction of sp³-hybridized carbons (Fsp3) is 0.214. The Labute approximate surface area is 139 Å². The molecule has 0 aliphatic heterocycles. The number of rotatable bonds is 6. The summed E-state index contributed by atoms with van der Waals surface area (Å²) in [5, 5.41) is 0.779. The molecule has 0 aliphatic carbocycles. The molecule has 0 aliphatic rings. The summed E-state index contributed by atoms with van der Waals surface area (Å²) < 4.78 is 32.5. The highest BCUT2D eigenvalue weighted by molar-refractivity contribution is 7.92. The summed E-state index contributed by atoms with van der Waals surface area (Å²) in [6.45, 7) is 2.40. The first-order chi connectivity index (χ1) is 10.4. The lowest BCUT2D eigenvalue weighted by Gasteiger charge is -2.11. The van der Waals surface area contributed by atoms with E-state index in [2.05, 4.69) is 9.71 Å². The van der Waals surface area contributed by atoms with Gasteiger partial charge in [0.2, 0.25) is 0 Å². The Bertz CT molecular complexity index is 749. The van der Waals surface area contributed by atoms with Gasteiger partial charge in [-0.3, -0.25) is 4.72 Å². The van der Waals surface area contributed by atoms with Gasteiger partial charge in [-0.25, -0.2) is 13.4 Å². The highest BCUT2D eigenvalue weighted by atomic mass is 35.5. The standard InChI is InChI=1S/C14H14Cl2N2O3S/c1-2-7-21-13-8-11(4-5-12(13)16)22(19,20)18-14-6-3-10(15)9-17-14/h3-6,8-9H,2,7H2,1H3,(H,17,18). The number of nitrogens with zero attached hydrogens (tertiary/aromatic N) is 1. The van der Waals surface area contributed by atoms with Crippen LogP contribution in [0.25, 0.3) is 0 Å². The monoisotopic (exact) mass is 360 g/mol. The van der Waals surface area contributed by atoms with E-state index in [-0.39, 0.29) is 10.7 Å². The molecule has 1 N–H and O–H groups in total. The van der Waals surface area contributed by atoms with Crippen molar-refractivity contribution in [1.29, 1.82) is 0 Å². The summed E-state index contributed by atoms with van der Waals surface area (Å²) >= 11 is 11.7. The van der Waals surface area contributed by atoms with Gasteiger partial charge in [0.05, 0.1) is 21.5 Å². The van der Waals surface area contributed by atoms with Crippen molar-refractivity contribution in [3.63, 3.8) is 0 Å². The van der Waals surface area contributed by atoms with Crippen molar-refractivity contribution in [3.8, 4) is 5.75 Å². The fourth-order valence-electron chi connectivity index (χ4n) is 1.61. The van der Waals surface area contributed by atoms with Gasteiger partial charge in [0.25, 0.3) is 10.0 Å². The molecule has 8 heteroatoms. The van der Waals surface area contributed by atoms with Crippen LogP contribution in [0, 0.1) is 0 Å². The molecule has 118 valence electrons. The quantitative estimate of drug-likeness (QED) is 0.845. The van der Waals surface area contributed by atoms with E-state index in [9.17, 15) is 8.42 Å². The van der Waals surface area contributed by atoms with Gasteiger partial charge in [-0.2, -0.15) is 0 Å². The Kier molecular flexibility index (Phi) is 5.50. The van der Waals surface area contributed by atoms with Crippen molar-refractivity contribution < 1.29 is 13.2 Å². The van der Waals surface area contributed by atoms with Crippen molar-refractivity contribution in [2.45, 2.75) is 18.2 Å². The number of ether oxygens (including phenoxy) is 1. The molecular formula is C14H14Cl2N2O3S. The van der Waals surface area contributed by atoms with Gasteiger partial charge in [0, 0.05) is 12.3 Å². The van der Waals surface area contributed by atoms with Gasteiger partial charge in [-0.1, -0.05) is 30.1 Å². The summed E-state index contributed by atoms with van der Waals surface area (Å²) in [5.74, 6) is 0.505. The average Bonchev–Trinajstić information content (AvgIpc) is 2.48. The summed E-state index contributed by atoms with van der Waals surface area (Å²) in [7, 11) is -3.78. The average molecular weight is 361 g/mol. The van der Waals surface area contributed by atoms with Gasteiger partial charge in [0.1, 0.15) is 11.6 Å². The van der Waals surface area contributed by atoms with Crippen molar-refractivity contribution in [3.05, 3.63) is 46.6 Å². The lowest BCUT2D eigenvalue weighted by molar-refractivity contribution is 0.317. The largest absolute Gasteiger partial charge is 0.492 e. The zero-order valence-corrected chi connectivity index (χ0v) is 14.0. The first kappa shape index (κ1) is 16.9. The molecule has 0 bridgehead atoms. The van der Waals surface area contributed by atoms with Crippen LogP contribution in [0.4, 0.5) is 5.82 Å². The van der Waals surface area contributed by atoms with E-state index in [0.29, 0.717) is 22.4 Å². The predicted molar refractivity (Wildman–Crippen MR) is 87.3 cm³/mol. The fourth-order valence-corrected chi connectivity index (χ4v) is 2.91. The third kappa shape index (κ3) is 4.25. The van der Waals surface area contributed by atoms with E-state index in [4.69, 9.17) is 27.9 Å². The second kappa shape index (κ2) is 7.17. The molecular weight excluding hydrogens is 347 g/mol. The maximum atomic E-state index is 12.3. The molecule has 0 fully saturated rings. The van der Waals surface area contributed by atoms with Crippen LogP contribution in [0.3, 0.4) is 0 Å². The lowest BCUT2D eigenvalue weighted by atomic mass is 10.3. The van der Waals surface area contributed by atoms with Crippen LogP contribution in [0.5, 0.6) is 5.75 Å². The van der Waals surface area contributed by atoms with Crippen LogP contribution in [-0.4, -0.2) is 20.0 Å². The number of sulfonamides is 1. The first-order valence-electron chi connectivity index (χ1n) is 6.49. The third-order valence-corrected chi connectivity index (χ3v) is 4.53. The van der Waals surface area contributed by atoms with E-state index >= 15 is 0 Å². The molecule has 0 saturated carbocycles. The lowest BCUT2D eigenvalue weighted by Crippen LogP contribution is -2.14. The summed E-state index contributed by atoms with van der Waals surface area (Å²) in [6, 6.07) is 7.29. The van der Waals surface area contributed by atoms with Crippen molar-refractivity contribution in [1.82, 2.24) is 4.98 Å². The Morgan fingerprint density at radius 1 is 1.23 bits per heavy atom. The number of halogens is 2. The molecule has 2 aromatic rings. The van der Waals surface area contributed by atoms with Crippen molar-refractivity contribution >= 4 is 39.0 Å². The first-order valence-corrected chi connectivity index (χ1v) is 8.73. The second-order valence-corrected chi connectivity index (χ2v) is 6.93. The topological polar surface area (TPSA) is 68.3 Å². The molecule has 1 aromatic carbocycles. The highest BCUT2D eigenvalue weighted by Crippen LogP contribution is 2.28. The molecule has 0 unspecified atom stereocenters. The number of pyridine rings is 1. The van der Waals surface area contributed by atoms with Gasteiger partial charge >= 0.3 is 0 Å². The third-order valence-electron chi connectivity index (χ3n) is 2.64. The number of aromatic nitrogens is 1. The van der Waals surface area contributed by atoms with E-state index in [1.807, 2.05) is 6.92 Å². The number of benzene rings is 1. The molecule has 22 heavy (non-hydrogen) atoms. The van der Waals surface area contributed by atoms with Crippen LogP contribution in [0.15, 0.2) is 41.4 Å². The second-order valence-electron chi connectivity index (χ2n) is 4.41. The number of hydrogen-bond donors (Lipinski definition) is 1. The Morgan fingerprint density at radius 2 is 2.00 bits per heavy atom. The molecule has 0 radical (unpaired) electrons. The van der Waals surface area contributed by atoms with E-state index in [1.54, 1.807) is 6.07 Å². The summed E-state index contributed by atoms with van der Waals surface area (Å²) in [6.07, 6.45) is 2.15. The number of nitrogens with one attached hydrogen (secondary N) is 1. The molecule has 1 aromatic heterocycles. The van der Waals surface area contributed by atoms with E-state index in [0.717, 1.165) is 6.42 Å². The van der Waals surface area contributed by atoms with Gasteiger partial charge in [0.15, 0.2) is 0 Å². The van der Waals surface area contributed by atoms with Crippen LogP contribution in [0.1, 0.15) is 13.3 Å². The zero-order chi connectivity index (χ0) is 16.2. The normalized spacial score (nSPS) is 11.2. The molecule has 0 saturated heterocycles. The summed E-state index contributed by atoms with van der Waals surface area (Å²) in [4.78, 5) is 3.94. The van der Waals surface area contributed by atoms with Crippen LogP contribution in [-0.2, 0) is 10.0 Å². The van der Waals surface area contributed by atoms with Crippen molar-refractivity contribution in [2.24, 2.45) is 0 Å². The van der Waals surface area contributed by atoms with Crippen LogP contribution < -0.4 is 9.46 Å². The Hall–Kier alpha value is -1.50. The Balaban J connectivity index is 2.27. The minimum absolute atomic E-state index is 0.0414. The van der Waals surface area contributed by atoms with Gasteiger partial charge < -0.3 is 4.74 Å². The zero-order valence-electron chi connectivity index (χ0n) is 11.7. The molecule has 2 rings (SSSR count). The van der Waals surface area contributed by atoms with Gasteiger partial charge in [-0.05, 0) is 30.7 Å².